The van der Waals surface area contributed by atoms with E-state index in [0.29, 0.717) is 6.42 Å². The average molecular weight is 216 g/mol. The number of aliphatic hydroxyl groups is 3. The molecular weight excluding hydrogens is 196 g/mol. The van der Waals surface area contributed by atoms with E-state index in [2.05, 4.69) is 0 Å². The maximum absolute atomic E-state index is 9.78. The van der Waals surface area contributed by atoms with Crippen molar-refractivity contribution >= 4 is 0 Å². The molecule has 0 amide bonds. The summed E-state index contributed by atoms with van der Waals surface area (Å²) < 4.78 is 5.61. The largest absolute Gasteiger partial charge is 0.394 e. The van der Waals surface area contributed by atoms with E-state index in [1.165, 1.54) is 0 Å². The van der Waals surface area contributed by atoms with E-state index in [1.807, 2.05) is 26.0 Å². The normalized spacial score (nSPS) is 39.5. The van der Waals surface area contributed by atoms with E-state index < -0.39 is 18.3 Å². The molecule has 1 saturated heterocycles. The van der Waals surface area contributed by atoms with Gasteiger partial charge in [-0.15, -0.1) is 0 Å². The van der Waals surface area contributed by atoms with E-state index >= 15 is 0 Å². The van der Waals surface area contributed by atoms with Gasteiger partial charge in [-0.2, -0.15) is 0 Å². The van der Waals surface area contributed by atoms with Crippen molar-refractivity contribution in [1.29, 1.82) is 0 Å². The second-order valence-electron chi connectivity index (χ2n) is 4.08. The first-order valence-electron chi connectivity index (χ1n) is 5.35. The lowest BCUT2D eigenvalue weighted by molar-refractivity contribution is -0.155. The third-order valence-corrected chi connectivity index (χ3v) is 2.93. The second kappa shape index (κ2) is 5.61. The highest BCUT2D eigenvalue weighted by molar-refractivity contribution is 4.97. The monoisotopic (exact) mass is 216 g/mol. The molecule has 1 fully saturated rings. The highest BCUT2D eigenvalue weighted by Gasteiger charge is 2.36. The Morgan fingerprint density at radius 1 is 1.53 bits per heavy atom. The lowest BCUT2D eigenvalue weighted by Crippen LogP contribution is -2.47. The lowest BCUT2D eigenvalue weighted by Gasteiger charge is -2.38. The quantitative estimate of drug-likeness (QED) is 0.584. The van der Waals surface area contributed by atoms with Crippen molar-refractivity contribution in [3.63, 3.8) is 0 Å². The minimum Gasteiger partial charge on any atom is -0.394 e. The van der Waals surface area contributed by atoms with Crippen LogP contribution in [-0.4, -0.2) is 46.3 Å². The molecule has 1 aliphatic rings. The van der Waals surface area contributed by atoms with Crippen LogP contribution in [0.2, 0.25) is 0 Å². The standard InChI is InChI=1S/C11H20O4/c1-3-4-10-7(2)8(13)5-11(15-10)9(14)6-12/h3-4,7-14H,5-6H2,1-2H3/b4-3+/t7-,8+,9+,10-,11-/m0/s1. The summed E-state index contributed by atoms with van der Waals surface area (Å²) in [4.78, 5) is 0. The molecule has 1 aliphatic heterocycles. The van der Waals surface area contributed by atoms with Crippen molar-refractivity contribution in [2.24, 2.45) is 5.92 Å². The fraction of sp³-hybridized carbons (Fsp3) is 0.818. The smallest absolute Gasteiger partial charge is 0.103 e. The molecule has 5 atom stereocenters. The van der Waals surface area contributed by atoms with Crippen LogP contribution in [0, 0.1) is 5.92 Å². The molecule has 1 heterocycles. The Morgan fingerprint density at radius 2 is 2.20 bits per heavy atom. The Bertz CT molecular complexity index is 217. The molecule has 0 radical (unpaired) electrons. The zero-order valence-electron chi connectivity index (χ0n) is 9.21. The highest BCUT2D eigenvalue weighted by atomic mass is 16.5. The van der Waals surface area contributed by atoms with E-state index in [9.17, 15) is 10.2 Å². The third-order valence-electron chi connectivity index (χ3n) is 2.93. The van der Waals surface area contributed by atoms with E-state index in [1.54, 1.807) is 0 Å². The molecule has 88 valence electrons. The van der Waals surface area contributed by atoms with Gasteiger partial charge in [0, 0.05) is 12.3 Å². The molecule has 4 nitrogen and oxygen atoms in total. The lowest BCUT2D eigenvalue weighted by atomic mass is 9.88. The molecule has 0 bridgehead atoms. The molecule has 1 rings (SSSR count). The van der Waals surface area contributed by atoms with Gasteiger partial charge in [0.2, 0.25) is 0 Å². The molecule has 0 saturated carbocycles. The molecule has 4 heteroatoms. The van der Waals surface area contributed by atoms with Crippen molar-refractivity contribution < 1.29 is 20.1 Å². The predicted molar refractivity (Wildman–Crippen MR) is 56.4 cm³/mol. The molecule has 0 aromatic rings. The molecule has 0 aliphatic carbocycles. The van der Waals surface area contributed by atoms with Crippen molar-refractivity contribution in [2.75, 3.05) is 6.61 Å². The zero-order valence-corrected chi connectivity index (χ0v) is 9.21. The average Bonchev–Trinajstić information content (AvgIpc) is 2.23. The van der Waals surface area contributed by atoms with Gasteiger partial charge < -0.3 is 20.1 Å². The van der Waals surface area contributed by atoms with Gasteiger partial charge in [-0.05, 0) is 6.92 Å². The van der Waals surface area contributed by atoms with Crippen molar-refractivity contribution in [3.8, 4) is 0 Å². The minimum absolute atomic E-state index is 0.0170. The first-order chi connectivity index (χ1) is 7.10. The van der Waals surface area contributed by atoms with Gasteiger partial charge in [-0.3, -0.25) is 0 Å². The fourth-order valence-corrected chi connectivity index (χ4v) is 1.83. The molecule has 15 heavy (non-hydrogen) atoms. The van der Waals surface area contributed by atoms with Crippen LogP contribution >= 0.6 is 0 Å². The summed E-state index contributed by atoms with van der Waals surface area (Å²) >= 11 is 0. The van der Waals surface area contributed by atoms with E-state index in [4.69, 9.17) is 9.84 Å². The molecule has 3 N–H and O–H groups in total. The maximum Gasteiger partial charge on any atom is 0.103 e. The predicted octanol–water partition coefficient (Wildman–Crippen LogP) is 0.0702. The van der Waals surface area contributed by atoms with Crippen LogP contribution in [0.5, 0.6) is 0 Å². The van der Waals surface area contributed by atoms with Gasteiger partial charge >= 0.3 is 0 Å². The van der Waals surface area contributed by atoms with Crippen LogP contribution in [0.1, 0.15) is 20.3 Å². The molecule has 0 aromatic heterocycles. The van der Waals surface area contributed by atoms with Crippen LogP contribution in [0.3, 0.4) is 0 Å². The molecule has 0 unspecified atom stereocenters. The summed E-state index contributed by atoms with van der Waals surface area (Å²) in [6, 6.07) is 0. The van der Waals surface area contributed by atoms with Crippen LogP contribution in [-0.2, 0) is 4.74 Å². The van der Waals surface area contributed by atoms with Crippen LogP contribution in [0.25, 0.3) is 0 Å². The first kappa shape index (κ1) is 12.6. The highest BCUT2D eigenvalue weighted by Crippen LogP contribution is 2.27. The number of hydrogen-bond acceptors (Lipinski definition) is 4. The summed E-state index contributed by atoms with van der Waals surface area (Å²) in [5.74, 6) is 0.0170. The Hall–Kier alpha value is -0.420. The topological polar surface area (TPSA) is 69.9 Å². The van der Waals surface area contributed by atoms with Crippen molar-refractivity contribution in [3.05, 3.63) is 12.2 Å². The molecule has 0 aromatic carbocycles. The minimum atomic E-state index is -0.917. The Kier molecular flexibility index (Phi) is 4.73. The van der Waals surface area contributed by atoms with Gasteiger partial charge in [-0.25, -0.2) is 0 Å². The number of rotatable bonds is 3. The number of allylic oxidation sites excluding steroid dienone is 1. The molecular formula is C11H20O4. The van der Waals surface area contributed by atoms with Crippen LogP contribution in [0.15, 0.2) is 12.2 Å². The fourth-order valence-electron chi connectivity index (χ4n) is 1.83. The number of hydrogen-bond donors (Lipinski definition) is 3. The van der Waals surface area contributed by atoms with Crippen molar-refractivity contribution in [2.45, 2.75) is 44.7 Å². The summed E-state index contributed by atoms with van der Waals surface area (Å²) in [7, 11) is 0. The van der Waals surface area contributed by atoms with Gasteiger partial charge in [0.25, 0.3) is 0 Å². The van der Waals surface area contributed by atoms with Gasteiger partial charge in [-0.1, -0.05) is 19.1 Å². The van der Waals surface area contributed by atoms with Gasteiger partial charge in [0.05, 0.1) is 24.9 Å². The third kappa shape index (κ3) is 3.01. The second-order valence-corrected chi connectivity index (χ2v) is 4.08. The van der Waals surface area contributed by atoms with E-state index in [0.717, 1.165) is 0 Å². The summed E-state index contributed by atoms with van der Waals surface area (Å²) in [6.45, 7) is 3.46. The SMILES string of the molecule is C/C=C/[C@@H]1O[C@H]([C@H](O)CO)C[C@@H](O)[C@@H]1C. The summed E-state index contributed by atoms with van der Waals surface area (Å²) in [6.07, 6.45) is 2.02. The Labute approximate surface area is 90.2 Å². The van der Waals surface area contributed by atoms with Gasteiger partial charge in [0.1, 0.15) is 6.10 Å². The molecule has 0 spiro atoms. The summed E-state index contributed by atoms with van der Waals surface area (Å²) in [5, 5.41) is 28.1. The Balaban J connectivity index is 2.66. The maximum atomic E-state index is 9.78. The van der Waals surface area contributed by atoms with E-state index in [-0.39, 0.29) is 18.6 Å². The zero-order chi connectivity index (χ0) is 11.4. The van der Waals surface area contributed by atoms with Gasteiger partial charge in [0.15, 0.2) is 0 Å². The Morgan fingerprint density at radius 3 is 2.73 bits per heavy atom. The number of ether oxygens (including phenoxy) is 1. The summed E-state index contributed by atoms with van der Waals surface area (Å²) in [5.41, 5.74) is 0. The van der Waals surface area contributed by atoms with Crippen LogP contribution in [0.4, 0.5) is 0 Å². The van der Waals surface area contributed by atoms with Crippen molar-refractivity contribution in [1.82, 2.24) is 0 Å². The number of aliphatic hydroxyl groups excluding tert-OH is 3. The van der Waals surface area contributed by atoms with Crippen LogP contribution < -0.4 is 0 Å². The first-order valence-corrected chi connectivity index (χ1v) is 5.35.